The van der Waals surface area contributed by atoms with Crippen LogP contribution in [0.3, 0.4) is 0 Å². The Morgan fingerprint density at radius 2 is 2.00 bits per heavy atom. The smallest absolute Gasteiger partial charge is 0.191 e. The lowest BCUT2D eigenvalue weighted by Gasteiger charge is -2.20. The Morgan fingerprint density at radius 3 is 2.68 bits per heavy atom. The second-order valence-corrected chi connectivity index (χ2v) is 9.34. The van der Waals surface area contributed by atoms with Crippen molar-refractivity contribution in [3.8, 4) is 0 Å². The van der Waals surface area contributed by atoms with Crippen molar-refractivity contribution in [2.45, 2.75) is 39.2 Å². The maximum atomic E-state index is 11.3. The van der Waals surface area contributed by atoms with E-state index < -0.39 is 9.84 Å². The lowest BCUT2D eigenvalue weighted by Crippen LogP contribution is -2.43. The first kappa shape index (κ1) is 22.2. The van der Waals surface area contributed by atoms with Crippen LogP contribution in [0.2, 0.25) is 0 Å². The molecule has 0 aliphatic carbocycles. The van der Waals surface area contributed by atoms with E-state index in [1.54, 1.807) is 0 Å². The molecule has 2 N–H and O–H groups in total. The first-order valence-corrected chi connectivity index (χ1v) is 11.5. The molecule has 1 heterocycles. The maximum absolute atomic E-state index is 11.3. The quantitative estimate of drug-likeness (QED) is 0.345. The number of hydrogen-bond donors (Lipinski definition) is 2. The van der Waals surface area contributed by atoms with Crippen molar-refractivity contribution >= 4 is 15.8 Å². The summed E-state index contributed by atoms with van der Waals surface area (Å²) in [7, 11) is -0.729. The zero-order chi connectivity index (χ0) is 18.7. The average Bonchev–Trinajstić information content (AvgIpc) is 2.73. The van der Waals surface area contributed by atoms with Gasteiger partial charge in [0.15, 0.2) is 5.96 Å². The Kier molecular flexibility index (Phi) is 10.4. The standard InChI is InChI=1S/C17H37N5O2S/c1-5-18-17(20-16(2)8-15-25(4,23)24)19-9-6-11-22-12-7-10-21(3)13-14-22/h16H,5-15H2,1-4H3,(H2,18,19,20). The molecule has 8 heteroatoms. The molecule has 25 heavy (non-hydrogen) atoms. The number of nitrogens with zero attached hydrogens (tertiary/aromatic N) is 3. The average molecular weight is 376 g/mol. The molecule has 148 valence electrons. The lowest BCUT2D eigenvalue weighted by molar-refractivity contribution is 0.275. The molecule has 1 aliphatic rings. The maximum Gasteiger partial charge on any atom is 0.191 e. The summed E-state index contributed by atoms with van der Waals surface area (Å²) in [6, 6.07) is 0.0775. The minimum atomic E-state index is -2.92. The number of sulfone groups is 1. The summed E-state index contributed by atoms with van der Waals surface area (Å²) in [6.07, 6.45) is 4.14. The molecule has 7 nitrogen and oxygen atoms in total. The lowest BCUT2D eigenvalue weighted by atomic mass is 10.3. The van der Waals surface area contributed by atoms with Gasteiger partial charge in [-0.1, -0.05) is 0 Å². The molecule has 0 bridgehead atoms. The van der Waals surface area contributed by atoms with Crippen LogP contribution in [0, 0.1) is 0 Å². The van der Waals surface area contributed by atoms with Crippen molar-refractivity contribution in [2.75, 3.05) is 64.9 Å². The molecular formula is C17H37N5O2S. The second-order valence-electron chi connectivity index (χ2n) is 7.08. The molecule has 0 aromatic rings. The molecule has 1 fully saturated rings. The molecule has 0 spiro atoms. The SMILES string of the molecule is CCNC(=NCCCN1CCCN(C)CC1)NC(C)CCS(C)(=O)=O. The van der Waals surface area contributed by atoms with Crippen molar-refractivity contribution in [3.05, 3.63) is 0 Å². The topological polar surface area (TPSA) is 77.0 Å². The van der Waals surface area contributed by atoms with Crippen LogP contribution in [0.4, 0.5) is 0 Å². The van der Waals surface area contributed by atoms with Gasteiger partial charge in [0.2, 0.25) is 0 Å². The fraction of sp³-hybridized carbons (Fsp3) is 0.941. The molecule has 1 rings (SSSR count). The predicted octanol–water partition coefficient (Wildman–Crippen LogP) is 0.392. The molecule has 0 aromatic heterocycles. The van der Waals surface area contributed by atoms with E-state index in [0.29, 0.717) is 6.42 Å². The van der Waals surface area contributed by atoms with Crippen molar-refractivity contribution in [2.24, 2.45) is 4.99 Å². The van der Waals surface area contributed by atoms with Gasteiger partial charge in [-0.3, -0.25) is 4.99 Å². The third kappa shape index (κ3) is 11.4. The van der Waals surface area contributed by atoms with Crippen molar-refractivity contribution in [3.63, 3.8) is 0 Å². The Labute approximate surface area is 154 Å². The number of nitrogens with one attached hydrogen (secondary N) is 2. The third-order valence-corrected chi connectivity index (χ3v) is 5.34. The van der Waals surface area contributed by atoms with Gasteiger partial charge < -0.3 is 20.4 Å². The minimum Gasteiger partial charge on any atom is -0.357 e. The van der Waals surface area contributed by atoms with Gasteiger partial charge in [0.1, 0.15) is 9.84 Å². The number of aliphatic imine (C=N–C) groups is 1. The first-order valence-electron chi connectivity index (χ1n) is 9.43. The van der Waals surface area contributed by atoms with Crippen LogP contribution in [-0.4, -0.2) is 95.1 Å². The molecular weight excluding hydrogens is 338 g/mol. The second kappa shape index (κ2) is 11.7. The van der Waals surface area contributed by atoms with Crippen LogP contribution in [-0.2, 0) is 9.84 Å². The van der Waals surface area contributed by atoms with Crippen molar-refractivity contribution in [1.29, 1.82) is 0 Å². The monoisotopic (exact) mass is 375 g/mol. The van der Waals surface area contributed by atoms with Gasteiger partial charge in [0.25, 0.3) is 0 Å². The van der Waals surface area contributed by atoms with Crippen LogP contribution >= 0.6 is 0 Å². The van der Waals surface area contributed by atoms with Gasteiger partial charge in [0, 0.05) is 38.5 Å². The number of hydrogen-bond acceptors (Lipinski definition) is 5. The van der Waals surface area contributed by atoms with E-state index >= 15 is 0 Å². The molecule has 1 aliphatic heterocycles. The number of likely N-dealkylation sites (N-methyl/N-ethyl adjacent to an activating group) is 1. The molecule has 1 atom stereocenters. The fourth-order valence-electron chi connectivity index (χ4n) is 2.83. The number of rotatable bonds is 9. The highest BCUT2D eigenvalue weighted by atomic mass is 32.2. The van der Waals surface area contributed by atoms with Crippen LogP contribution in [0.15, 0.2) is 4.99 Å². The Balaban J connectivity index is 2.34. The van der Waals surface area contributed by atoms with E-state index in [1.165, 1.54) is 25.8 Å². The molecule has 0 aromatic carbocycles. The third-order valence-electron chi connectivity index (χ3n) is 4.36. The normalized spacial score (nSPS) is 19.4. The number of guanidine groups is 1. The summed E-state index contributed by atoms with van der Waals surface area (Å²) in [5.74, 6) is 0.975. The molecule has 0 saturated carbocycles. The predicted molar refractivity (Wildman–Crippen MR) is 106 cm³/mol. The summed E-state index contributed by atoms with van der Waals surface area (Å²) in [5.41, 5.74) is 0. The van der Waals surface area contributed by atoms with Gasteiger partial charge in [-0.25, -0.2) is 8.42 Å². The largest absolute Gasteiger partial charge is 0.357 e. The van der Waals surface area contributed by atoms with E-state index in [1.807, 2.05) is 13.8 Å². The van der Waals surface area contributed by atoms with Crippen molar-refractivity contribution < 1.29 is 8.42 Å². The summed E-state index contributed by atoms with van der Waals surface area (Å²) < 4.78 is 22.5. The van der Waals surface area contributed by atoms with Gasteiger partial charge in [-0.2, -0.15) is 0 Å². The summed E-state index contributed by atoms with van der Waals surface area (Å²) in [6.45, 7) is 11.3. The zero-order valence-corrected chi connectivity index (χ0v) is 17.2. The molecule has 1 unspecified atom stereocenters. The van der Waals surface area contributed by atoms with E-state index in [4.69, 9.17) is 0 Å². The van der Waals surface area contributed by atoms with Gasteiger partial charge in [0.05, 0.1) is 5.75 Å². The molecule has 1 saturated heterocycles. The Bertz CT molecular complexity index is 495. The molecule has 0 radical (unpaired) electrons. The van der Waals surface area contributed by atoms with Gasteiger partial charge in [-0.05, 0) is 59.8 Å². The van der Waals surface area contributed by atoms with E-state index in [-0.39, 0.29) is 11.8 Å². The van der Waals surface area contributed by atoms with Crippen LogP contribution in [0.1, 0.15) is 33.1 Å². The van der Waals surface area contributed by atoms with Crippen LogP contribution < -0.4 is 10.6 Å². The highest BCUT2D eigenvalue weighted by Gasteiger charge is 2.12. The van der Waals surface area contributed by atoms with Gasteiger partial charge in [-0.15, -0.1) is 0 Å². The van der Waals surface area contributed by atoms with Crippen LogP contribution in [0.25, 0.3) is 0 Å². The Hall–Kier alpha value is -0.860. The summed E-state index contributed by atoms with van der Waals surface area (Å²) in [4.78, 5) is 9.54. The van der Waals surface area contributed by atoms with Gasteiger partial charge >= 0.3 is 0 Å². The molecule has 0 amide bonds. The zero-order valence-electron chi connectivity index (χ0n) is 16.4. The minimum absolute atomic E-state index is 0.0775. The van der Waals surface area contributed by atoms with E-state index in [0.717, 1.165) is 45.1 Å². The highest BCUT2D eigenvalue weighted by Crippen LogP contribution is 2.02. The van der Waals surface area contributed by atoms with Crippen molar-refractivity contribution in [1.82, 2.24) is 20.4 Å². The van der Waals surface area contributed by atoms with Crippen LogP contribution in [0.5, 0.6) is 0 Å². The van der Waals surface area contributed by atoms with E-state index in [9.17, 15) is 8.42 Å². The summed E-state index contributed by atoms with van der Waals surface area (Å²) >= 11 is 0. The fourth-order valence-corrected chi connectivity index (χ4v) is 3.61. The highest BCUT2D eigenvalue weighted by molar-refractivity contribution is 7.90. The van der Waals surface area contributed by atoms with E-state index in [2.05, 4.69) is 32.5 Å². The Morgan fingerprint density at radius 1 is 1.24 bits per heavy atom. The summed E-state index contributed by atoms with van der Waals surface area (Å²) in [5, 5.41) is 6.53. The first-order chi connectivity index (χ1) is 11.8.